The normalized spacial score (nSPS) is 16.7. The van der Waals surface area contributed by atoms with Crippen molar-refractivity contribution in [2.24, 2.45) is 5.92 Å². The Morgan fingerprint density at radius 2 is 1.65 bits per heavy atom. The van der Waals surface area contributed by atoms with Crippen LogP contribution in [0.1, 0.15) is 34.8 Å². The van der Waals surface area contributed by atoms with Crippen LogP contribution in [0.4, 0.5) is 5.69 Å². The Labute approximate surface area is 152 Å². The van der Waals surface area contributed by atoms with Gasteiger partial charge in [-0.25, -0.2) is 0 Å². The zero-order chi connectivity index (χ0) is 18.8. The van der Waals surface area contributed by atoms with E-state index in [-0.39, 0.29) is 18.1 Å². The second-order valence-corrected chi connectivity index (χ2v) is 6.75. The fraction of sp³-hybridized carbons (Fsp3) is 0.286. The van der Waals surface area contributed by atoms with Gasteiger partial charge in [0.15, 0.2) is 5.78 Å². The molecule has 1 fully saturated rings. The Balaban J connectivity index is 1.69. The predicted molar refractivity (Wildman–Crippen MR) is 98.5 cm³/mol. The van der Waals surface area contributed by atoms with Crippen LogP contribution in [-0.2, 0) is 9.59 Å². The fourth-order valence-corrected chi connectivity index (χ4v) is 3.18. The Morgan fingerprint density at radius 3 is 2.23 bits per heavy atom. The third-order valence-corrected chi connectivity index (χ3v) is 4.46. The number of ketones is 1. The number of Topliss-reactive ketones (excluding diaryl/α,β-unsaturated/α-hetero) is 1. The molecule has 1 amide bonds. The minimum atomic E-state index is -0.504. The average Bonchev–Trinajstić information content (AvgIpc) is 2.96. The van der Waals surface area contributed by atoms with Crippen molar-refractivity contribution in [2.45, 2.75) is 27.2 Å². The summed E-state index contributed by atoms with van der Waals surface area (Å²) in [6.07, 6.45) is 0.136. The highest BCUT2D eigenvalue weighted by Gasteiger charge is 2.36. The molecular formula is C21H21NO4. The Morgan fingerprint density at radius 1 is 1.04 bits per heavy atom. The van der Waals surface area contributed by atoms with E-state index in [1.165, 1.54) is 6.92 Å². The first-order chi connectivity index (χ1) is 12.3. The van der Waals surface area contributed by atoms with E-state index in [0.29, 0.717) is 17.9 Å². The summed E-state index contributed by atoms with van der Waals surface area (Å²) >= 11 is 0. The van der Waals surface area contributed by atoms with Gasteiger partial charge in [0.05, 0.1) is 5.92 Å². The summed E-state index contributed by atoms with van der Waals surface area (Å²) in [5, 5.41) is 0. The van der Waals surface area contributed by atoms with Crippen LogP contribution in [0, 0.1) is 19.8 Å². The molecule has 0 saturated carbocycles. The highest BCUT2D eigenvalue weighted by molar-refractivity contribution is 6.00. The molecule has 0 radical (unpaired) electrons. The van der Waals surface area contributed by atoms with Crippen molar-refractivity contribution in [1.82, 2.24) is 0 Å². The maximum atomic E-state index is 12.4. The standard InChI is InChI=1S/C21H21NO4/c1-13-8-14(2)10-18(9-13)22-12-17(11-20(22)24)21(25)26-19-6-4-16(5-7-19)15(3)23/h4-10,17H,11-12H2,1-3H3/t17-/m0/s1. The van der Waals surface area contributed by atoms with Crippen molar-refractivity contribution in [3.8, 4) is 5.75 Å². The van der Waals surface area contributed by atoms with E-state index in [0.717, 1.165) is 16.8 Å². The van der Waals surface area contributed by atoms with E-state index in [4.69, 9.17) is 4.74 Å². The lowest BCUT2D eigenvalue weighted by Crippen LogP contribution is -2.27. The molecule has 1 saturated heterocycles. The molecule has 2 aromatic carbocycles. The second kappa shape index (κ2) is 7.12. The van der Waals surface area contributed by atoms with Crippen LogP contribution in [0.25, 0.3) is 0 Å². The average molecular weight is 351 g/mol. The fourth-order valence-electron chi connectivity index (χ4n) is 3.18. The van der Waals surface area contributed by atoms with Crippen molar-refractivity contribution >= 4 is 23.3 Å². The molecule has 1 atom stereocenters. The lowest BCUT2D eigenvalue weighted by Gasteiger charge is -2.18. The first kappa shape index (κ1) is 17.9. The number of anilines is 1. The number of nitrogens with zero attached hydrogens (tertiary/aromatic N) is 1. The number of esters is 1. The Hall–Kier alpha value is -2.95. The number of carbonyl (C=O) groups is 3. The molecule has 0 aliphatic carbocycles. The zero-order valence-corrected chi connectivity index (χ0v) is 15.1. The van der Waals surface area contributed by atoms with Gasteiger partial charge in [-0.1, -0.05) is 6.07 Å². The third kappa shape index (κ3) is 3.82. The minimum Gasteiger partial charge on any atom is -0.426 e. The summed E-state index contributed by atoms with van der Waals surface area (Å²) in [5.74, 6) is -0.689. The van der Waals surface area contributed by atoms with Gasteiger partial charge in [0.25, 0.3) is 0 Å². The molecule has 0 N–H and O–H groups in total. The third-order valence-electron chi connectivity index (χ3n) is 4.46. The maximum absolute atomic E-state index is 12.4. The van der Waals surface area contributed by atoms with E-state index < -0.39 is 11.9 Å². The lowest BCUT2D eigenvalue weighted by atomic mass is 10.1. The second-order valence-electron chi connectivity index (χ2n) is 6.75. The summed E-state index contributed by atoms with van der Waals surface area (Å²) in [4.78, 5) is 37.7. The first-order valence-electron chi connectivity index (χ1n) is 8.55. The maximum Gasteiger partial charge on any atom is 0.316 e. The van der Waals surface area contributed by atoms with E-state index in [9.17, 15) is 14.4 Å². The molecule has 134 valence electrons. The number of hydrogen-bond acceptors (Lipinski definition) is 4. The van der Waals surface area contributed by atoms with Gasteiger partial charge in [-0.3, -0.25) is 14.4 Å². The van der Waals surface area contributed by atoms with Gasteiger partial charge in [-0.05, 0) is 68.3 Å². The van der Waals surface area contributed by atoms with Gasteiger partial charge in [-0.2, -0.15) is 0 Å². The molecule has 0 unspecified atom stereocenters. The molecule has 5 nitrogen and oxygen atoms in total. The number of carbonyl (C=O) groups excluding carboxylic acids is 3. The number of hydrogen-bond donors (Lipinski definition) is 0. The van der Waals surface area contributed by atoms with Gasteiger partial charge in [0, 0.05) is 24.2 Å². The van der Waals surface area contributed by atoms with E-state index >= 15 is 0 Å². The van der Waals surface area contributed by atoms with Crippen molar-refractivity contribution < 1.29 is 19.1 Å². The van der Waals surface area contributed by atoms with Crippen LogP contribution in [0.2, 0.25) is 0 Å². The van der Waals surface area contributed by atoms with Gasteiger partial charge in [0.1, 0.15) is 5.75 Å². The summed E-state index contributed by atoms with van der Waals surface area (Å²) in [7, 11) is 0. The molecule has 26 heavy (non-hydrogen) atoms. The lowest BCUT2D eigenvalue weighted by molar-refractivity contribution is -0.139. The van der Waals surface area contributed by atoms with Gasteiger partial charge < -0.3 is 9.64 Å². The zero-order valence-electron chi connectivity index (χ0n) is 15.1. The quantitative estimate of drug-likeness (QED) is 0.481. The Bertz CT molecular complexity index is 850. The van der Waals surface area contributed by atoms with Crippen molar-refractivity contribution in [2.75, 3.05) is 11.4 Å². The molecular weight excluding hydrogens is 330 g/mol. The Kier molecular flexibility index (Phi) is 4.89. The summed E-state index contributed by atoms with van der Waals surface area (Å²) < 4.78 is 5.38. The van der Waals surface area contributed by atoms with Crippen molar-refractivity contribution in [3.63, 3.8) is 0 Å². The minimum absolute atomic E-state index is 0.0478. The monoisotopic (exact) mass is 351 g/mol. The molecule has 3 rings (SSSR count). The van der Waals surface area contributed by atoms with Crippen LogP contribution >= 0.6 is 0 Å². The largest absolute Gasteiger partial charge is 0.426 e. The van der Waals surface area contributed by atoms with Crippen LogP contribution in [0.15, 0.2) is 42.5 Å². The van der Waals surface area contributed by atoms with Crippen LogP contribution in [0.5, 0.6) is 5.75 Å². The SMILES string of the molecule is CC(=O)c1ccc(OC(=O)[C@H]2CC(=O)N(c3cc(C)cc(C)c3)C2)cc1. The van der Waals surface area contributed by atoms with Crippen LogP contribution in [-0.4, -0.2) is 24.2 Å². The molecule has 0 bridgehead atoms. The highest BCUT2D eigenvalue weighted by Crippen LogP contribution is 2.28. The molecule has 1 aliphatic heterocycles. The van der Waals surface area contributed by atoms with Crippen LogP contribution in [0.3, 0.4) is 0 Å². The molecule has 1 aliphatic rings. The molecule has 2 aromatic rings. The highest BCUT2D eigenvalue weighted by atomic mass is 16.5. The smallest absolute Gasteiger partial charge is 0.316 e. The number of aryl methyl sites for hydroxylation is 2. The topological polar surface area (TPSA) is 63.7 Å². The molecule has 0 spiro atoms. The van der Waals surface area contributed by atoms with Gasteiger partial charge >= 0.3 is 5.97 Å². The van der Waals surface area contributed by atoms with E-state index in [1.807, 2.05) is 32.0 Å². The molecule has 5 heteroatoms. The number of amides is 1. The van der Waals surface area contributed by atoms with E-state index in [2.05, 4.69) is 0 Å². The molecule has 0 aromatic heterocycles. The number of benzene rings is 2. The predicted octanol–water partition coefficient (Wildman–Crippen LogP) is 3.46. The number of ether oxygens (including phenoxy) is 1. The summed E-state index contributed by atoms with van der Waals surface area (Å²) in [5.41, 5.74) is 3.52. The summed E-state index contributed by atoms with van der Waals surface area (Å²) in [6, 6.07) is 12.3. The first-order valence-corrected chi connectivity index (χ1v) is 8.55. The molecule has 1 heterocycles. The van der Waals surface area contributed by atoms with Crippen LogP contribution < -0.4 is 9.64 Å². The van der Waals surface area contributed by atoms with Crippen molar-refractivity contribution in [1.29, 1.82) is 0 Å². The number of rotatable bonds is 4. The van der Waals surface area contributed by atoms with E-state index in [1.54, 1.807) is 29.2 Å². The summed E-state index contributed by atoms with van der Waals surface area (Å²) in [6.45, 7) is 5.75. The van der Waals surface area contributed by atoms with Crippen molar-refractivity contribution in [3.05, 3.63) is 59.2 Å². The van der Waals surface area contributed by atoms with Gasteiger partial charge in [-0.15, -0.1) is 0 Å². The van der Waals surface area contributed by atoms with Gasteiger partial charge in [0.2, 0.25) is 5.91 Å².